The lowest BCUT2D eigenvalue weighted by molar-refractivity contribution is 0.169. The van der Waals surface area contributed by atoms with Crippen LogP contribution < -0.4 is 10.5 Å². The lowest BCUT2D eigenvalue weighted by Gasteiger charge is -2.42. The lowest BCUT2D eigenvalue weighted by atomic mass is 10.1. The molecule has 1 fully saturated rings. The number of hydrogen-bond donors (Lipinski definition) is 1. The van der Waals surface area contributed by atoms with Crippen molar-refractivity contribution in [1.29, 1.82) is 0 Å². The second-order valence-corrected chi connectivity index (χ2v) is 5.17. The topological polar surface area (TPSA) is 52.2 Å². The first-order chi connectivity index (χ1) is 8.51. The fourth-order valence-corrected chi connectivity index (χ4v) is 2.41. The van der Waals surface area contributed by atoms with Crippen molar-refractivity contribution >= 4 is 5.82 Å². The van der Waals surface area contributed by atoms with Gasteiger partial charge in [0, 0.05) is 37.7 Å². The van der Waals surface area contributed by atoms with Crippen LogP contribution in [0, 0.1) is 0 Å². The van der Waals surface area contributed by atoms with Gasteiger partial charge < -0.3 is 9.88 Å². The Balaban J connectivity index is 2.26. The van der Waals surface area contributed by atoms with Gasteiger partial charge >= 0.3 is 0 Å². The first-order valence-corrected chi connectivity index (χ1v) is 6.58. The molecule has 2 atom stereocenters. The number of nitrogens with one attached hydrogen (secondary N) is 1. The van der Waals surface area contributed by atoms with Crippen molar-refractivity contribution in [2.45, 2.75) is 39.3 Å². The predicted octanol–water partition coefficient (Wildman–Crippen LogP) is 0.861. The van der Waals surface area contributed by atoms with Crippen molar-refractivity contribution in [3.8, 4) is 0 Å². The summed E-state index contributed by atoms with van der Waals surface area (Å²) in [4.78, 5) is 23.5. The van der Waals surface area contributed by atoms with E-state index in [-0.39, 0.29) is 5.56 Å². The maximum absolute atomic E-state index is 11.6. The van der Waals surface area contributed by atoms with Crippen LogP contribution in [0.15, 0.2) is 10.9 Å². The van der Waals surface area contributed by atoms with Gasteiger partial charge in [-0.25, -0.2) is 4.98 Å². The van der Waals surface area contributed by atoms with Crippen LogP contribution in [-0.2, 0) is 6.42 Å². The van der Waals surface area contributed by atoms with Crippen molar-refractivity contribution in [3.63, 3.8) is 0 Å². The third-order valence-corrected chi connectivity index (χ3v) is 3.80. The van der Waals surface area contributed by atoms with Crippen LogP contribution >= 0.6 is 0 Å². The Morgan fingerprint density at radius 2 is 2.00 bits per heavy atom. The predicted molar refractivity (Wildman–Crippen MR) is 73.1 cm³/mol. The number of H-pyrrole nitrogens is 1. The number of hydrogen-bond acceptors (Lipinski definition) is 4. The van der Waals surface area contributed by atoms with Gasteiger partial charge in [-0.05, 0) is 20.9 Å². The Labute approximate surface area is 108 Å². The van der Waals surface area contributed by atoms with Crippen LogP contribution in [0.5, 0.6) is 0 Å². The summed E-state index contributed by atoms with van der Waals surface area (Å²) in [5, 5.41) is 0. The monoisotopic (exact) mass is 250 g/mol. The quantitative estimate of drug-likeness (QED) is 0.846. The highest BCUT2D eigenvalue weighted by Crippen LogP contribution is 2.18. The van der Waals surface area contributed by atoms with Gasteiger partial charge in [-0.3, -0.25) is 9.69 Å². The van der Waals surface area contributed by atoms with Gasteiger partial charge in [0.15, 0.2) is 0 Å². The van der Waals surface area contributed by atoms with E-state index >= 15 is 0 Å². The van der Waals surface area contributed by atoms with Crippen molar-refractivity contribution < 1.29 is 0 Å². The molecule has 1 aromatic rings. The molecule has 2 unspecified atom stereocenters. The molecule has 1 saturated heterocycles. The number of aromatic amines is 1. The highest BCUT2D eigenvalue weighted by atomic mass is 16.1. The van der Waals surface area contributed by atoms with Crippen molar-refractivity contribution in [1.82, 2.24) is 14.9 Å². The van der Waals surface area contributed by atoms with Gasteiger partial charge in [-0.2, -0.15) is 0 Å². The summed E-state index contributed by atoms with van der Waals surface area (Å²) < 4.78 is 0. The summed E-state index contributed by atoms with van der Waals surface area (Å²) >= 11 is 0. The Kier molecular flexibility index (Phi) is 3.71. The molecule has 0 aliphatic carbocycles. The van der Waals surface area contributed by atoms with Gasteiger partial charge in [0.2, 0.25) is 0 Å². The average Bonchev–Trinajstić information content (AvgIpc) is 2.34. The number of aryl methyl sites for hydroxylation is 1. The second kappa shape index (κ2) is 5.10. The first-order valence-electron chi connectivity index (χ1n) is 6.58. The van der Waals surface area contributed by atoms with Crippen molar-refractivity contribution in [2.24, 2.45) is 0 Å². The van der Waals surface area contributed by atoms with Gasteiger partial charge in [0.05, 0.1) is 0 Å². The molecule has 1 aliphatic rings. The number of rotatable bonds is 2. The molecule has 0 radical (unpaired) electrons. The zero-order valence-corrected chi connectivity index (χ0v) is 11.6. The molecule has 1 aliphatic heterocycles. The summed E-state index contributed by atoms with van der Waals surface area (Å²) in [6.07, 6.45) is 0.752. The molecule has 1 aromatic heterocycles. The molecule has 2 heterocycles. The van der Waals surface area contributed by atoms with Crippen LogP contribution in [0.1, 0.15) is 26.6 Å². The minimum absolute atomic E-state index is 0.0592. The number of nitrogens with zero attached hydrogens (tertiary/aromatic N) is 3. The Morgan fingerprint density at radius 1 is 1.39 bits per heavy atom. The zero-order valence-electron chi connectivity index (χ0n) is 11.6. The maximum Gasteiger partial charge on any atom is 0.252 e. The molecule has 0 spiro atoms. The van der Waals surface area contributed by atoms with Gasteiger partial charge in [-0.1, -0.05) is 6.92 Å². The minimum Gasteiger partial charge on any atom is -0.353 e. The van der Waals surface area contributed by atoms with Crippen LogP contribution in [0.4, 0.5) is 5.82 Å². The number of piperazine rings is 1. The van der Waals surface area contributed by atoms with E-state index in [9.17, 15) is 4.79 Å². The van der Waals surface area contributed by atoms with E-state index in [4.69, 9.17) is 0 Å². The van der Waals surface area contributed by atoms with Crippen LogP contribution in [0.25, 0.3) is 0 Å². The van der Waals surface area contributed by atoms with E-state index in [0.717, 1.165) is 31.2 Å². The van der Waals surface area contributed by atoms with E-state index in [1.165, 1.54) is 0 Å². The SMILES string of the molecule is CCc1nc(N2CC(C)N(C)C(C)C2)cc(=O)[nH]1. The average molecular weight is 250 g/mol. The molecule has 0 aromatic carbocycles. The summed E-state index contributed by atoms with van der Waals surface area (Å²) in [6.45, 7) is 8.24. The van der Waals surface area contributed by atoms with Gasteiger partial charge in [0.25, 0.3) is 5.56 Å². The molecule has 0 bridgehead atoms. The van der Waals surface area contributed by atoms with E-state index in [1.54, 1.807) is 6.07 Å². The van der Waals surface area contributed by atoms with Gasteiger partial charge in [-0.15, -0.1) is 0 Å². The van der Waals surface area contributed by atoms with Gasteiger partial charge in [0.1, 0.15) is 11.6 Å². The van der Waals surface area contributed by atoms with Crippen molar-refractivity contribution in [3.05, 3.63) is 22.2 Å². The molecule has 2 rings (SSSR count). The fraction of sp³-hybridized carbons (Fsp3) is 0.692. The number of aromatic nitrogens is 2. The van der Waals surface area contributed by atoms with E-state index < -0.39 is 0 Å². The molecule has 5 nitrogen and oxygen atoms in total. The lowest BCUT2D eigenvalue weighted by Crippen LogP contribution is -2.55. The molecule has 0 saturated carbocycles. The molecular weight excluding hydrogens is 228 g/mol. The van der Waals surface area contributed by atoms with Crippen LogP contribution in [0.2, 0.25) is 0 Å². The summed E-state index contributed by atoms with van der Waals surface area (Å²) in [6, 6.07) is 2.55. The summed E-state index contributed by atoms with van der Waals surface area (Å²) in [5.74, 6) is 1.57. The van der Waals surface area contributed by atoms with Crippen molar-refractivity contribution in [2.75, 3.05) is 25.0 Å². The number of likely N-dealkylation sites (N-methyl/N-ethyl adjacent to an activating group) is 1. The molecule has 0 amide bonds. The molecule has 18 heavy (non-hydrogen) atoms. The Bertz CT molecular complexity index is 458. The van der Waals surface area contributed by atoms with Crippen LogP contribution in [-0.4, -0.2) is 47.1 Å². The van der Waals surface area contributed by atoms with E-state index in [0.29, 0.717) is 12.1 Å². The summed E-state index contributed by atoms with van der Waals surface area (Å²) in [7, 11) is 2.15. The Hall–Kier alpha value is -1.36. The normalized spacial score (nSPS) is 25.4. The van der Waals surface area contributed by atoms with E-state index in [2.05, 4.69) is 40.7 Å². The van der Waals surface area contributed by atoms with Crippen LogP contribution in [0.3, 0.4) is 0 Å². The highest BCUT2D eigenvalue weighted by molar-refractivity contribution is 5.39. The standard InChI is InChI=1S/C13H22N4O/c1-5-11-14-12(6-13(18)15-11)17-7-9(2)16(4)10(3)8-17/h6,9-10H,5,7-8H2,1-4H3,(H,14,15,18). The van der Waals surface area contributed by atoms with E-state index in [1.807, 2.05) is 6.92 Å². The zero-order chi connectivity index (χ0) is 13.3. The summed E-state index contributed by atoms with van der Waals surface area (Å²) in [5.41, 5.74) is -0.0592. The molecular formula is C13H22N4O. The highest BCUT2D eigenvalue weighted by Gasteiger charge is 2.27. The largest absolute Gasteiger partial charge is 0.353 e. The first kappa shape index (κ1) is 13.1. The fourth-order valence-electron chi connectivity index (χ4n) is 2.41. The smallest absolute Gasteiger partial charge is 0.252 e. The second-order valence-electron chi connectivity index (χ2n) is 5.17. The third-order valence-electron chi connectivity index (χ3n) is 3.80. The minimum atomic E-state index is -0.0592. The third kappa shape index (κ3) is 2.56. The Morgan fingerprint density at radius 3 is 2.56 bits per heavy atom. The molecule has 1 N–H and O–H groups in total. The number of anilines is 1. The molecule has 100 valence electrons. The molecule has 5 heteroatoms. The maximum atomic E-state index is 11.6.